The summed E-state index contributed by atoms with van der Waals surface area (Å²) < 4.78 is 12.2. The zero-order valence-corrected chi connectivity index (χ0v) is 14.2. The van der Waals surface area contributed by atoms with E-state index in [1.54, 1.807) is 38.3 Å². The van der Waals surface area contributed by atoms with E-state index in [-0.39, 0.29) is 12.4 Å². The van der Waals surface area contributed by atoms with Crippen molar-refractivity contribution in [2.75, 3.05) is 13.7 Å². The molecule has 0 fully saturated rings. The fourth-order valence-electron chi connectivity index (χ4n) is 2.42. The second-order valence-electron chi connectivity index (χ2n) is 5.21. The number of methoxy groups -OCH3 is 1. The Morgan fingerprint density at radius 2 is 1.91 bits per heavy atom. The number of halogens is 1. The maximum Gasteiger partial charge on any atom is 0.340 e. The normalized spacial score (nSPS) is 10.5. The maximum atomic E-state index is 12.1. The van der Waals surface area contributed by atoms with Gasteiger partial charge in [0.25, 0.3) is 0 Å². The summed E-state index contributed by atoms with van der Waals surface area (Å²) in [5.41, 5.74) is 2.67. The largest absolute Gasteiger partial charge is 0.495 e. The first kappa shape index (κ1) is 17.1. The number of Topliss-reactive ketones (excluding diaryl/α,β-unsaturated/α-hetero) is 1. The molecule has 1 heterocycles. The highest BCUT2D eigenvalue weighted by Crippen LogP contribution is 2.30. The van der Waals surface area contributed by atoms with Gasteiger partial charge in [0.15, 0.2) is 5.78 Å². The topological polar surface area (TPSA) is 57.5 Å². The Kier molecular flexibility index (Phi) is 5.11. The maximum absolute atomic E-state index is 12.1. The first-order valence-corrected chi connectivity index (χ1v) is 7.42. The monoisotopic (exact) mass is 335 g/mol. The number of aryl methyl sites for hydroxylation is 1. The van der Waals surface area contributed by atoms with Crippen molar-refractivity contribution in [1.29, 1.82) is 0 Å². The Hall–Kier alpha value is -2.27. The molecular weight excluding hydrogens is 318 g/mol. The molecule has 2 rings (SSSR count). The molecule has 0 radical (unpaired) electrons. The summed E-state index contributed by atoms with van der Waals surface area (Å²) in [6.45, 7) is 4.81. The number of hydrogen-bond acceptors (Lipinski definition) is 4. The third-order valence-corrected chi connectivity index (χ3v) is 3.67. The van der Waals surface area contributed by atoms with Crippen LogP contribution in [0.25, 0.3) is 5.69 Å². The number of esters is 1. The van der Waals surface area contributed by atoms with Gasteiger partial charge in [0.1, 0.15) is 12.4 Å². The van der Waals surface area contributed by atoms with E-state index >= 15 is 0 Å². The van der Waals surface area contributed by atoms with Crippen molar-refractivity contribution in [2.24, 2.45) is 0 Å². The molecule has 0 saturated heterocycles. The van der Waals surface area contributed by atoms with E-state index < -0.39 is 5.97 Å². The van der Waals surface area contributed by atoms with Crippen molar-refractivity contribution >= 4 is 23.4 Å². The molecule has 0 unspecified atom stereocenters. The van der Waals surface area contributed by atoms with Crippen LogP contribution in [0.2, 0.25) is 5.02 Å². The predicted molar refractivity (Wildman–Crippen MR) is 87.8 cm³/mol. The van der Waals surface area contributed by atoms with Gasteiger partial charge in [-0.25, -0.2) is 4.79 Å². The third-order valence-electron chi connectivity index (χ3n) is 3.44. The zero-order valence-electron chi connectivity index (χ0n) is 13.5. The molecule has 0 atom stereocenters. The van der Waals surface area contributed by atoms with Crippen LogP contribution in [0, 0.1) is 13.8 Å². The number of carbonyl (C=O) groups is 2. The zero-order chi connectivity index (χ0) is 17.1. The number of aromatic nitrogens is 1. The number of ether oxygens (including phenoxy) is 2. The van der Waals surface area contributed by atoms with Crippen LogP contribution in [0.4, 0.5) is 0 Å². The van der Waals surface area contributed by atoms with Gasteiger partial charge in [0.2, 0.25) is 0 Å². The number of rotatable bonds is 5. The number of carbonyl (C=O) groups excluding carboxylic acids is 2. The third kappa shape index (κ3) is 3.56. The number of nitrogens with zero attached hydrogens (tertiary/aromatic N) is 1. The Bertz CT molecular complexity index is 764. The number of ketones is 1. The first-order valence-electron chi connectivity index (χ1n) is 7.04. The molecule has 23 heavy (non-hydrogen) atoms. The SMILES string of the molecule is COc1ccc(Cl)cc1-n1c(C)cc(C(=O)OCC(C)=O)c1C. The van der Waals surface area contributed by atoms with Gasteiger partial charge in [0.05, 0.1) is 18.4 Å². The first-order chi connectivity index (χ1) is 10.8. The van der Waals surface area contributed by atoms with Crippen molar-refractivity contribution in [3.05, 3.63) is 46.2 Å². The fraction of sp³-hybridized carbons (Fsp3) is 0.294. The van der Waals surface area contributed by atoms with Gasteiger partial charge in [-0.3, -0.25) is 4.79 Å². The summed E-state index contributed by atoms with van der Waals surface area (Å²) in [7, 11) is 1.57. The van der Waals surface area contributed by atoms with Crippen LogP contribution in [0.1, 0.15) is 28.7 Å². The molecule has 0 bridgehead atoms. The highest BCUT2D eigenvalue weighted by molar-refractivity contribution is 6.30. The van der Waals surface area contributed by atoms with Crippen molar-refractivity contribution in [1.82, 2.24) is 4.57 Å². The average molecular weight is 336 g/mol. The minimum Gasteiger partial charge on any atom is -0.495 e. The second kappa shape index (κ2) is 6.87. The van der Waals surface area contributed by atoms with Crippen molar-refractivity contribution in [3.63, 3.8) is 0 Å². The van der Waals surface area contributed by atoms with E-state index in [1.807, 2.05) is 11.5 Å². The van der Waals surface area contributed by atoms with E-state index in [0.29, 0.717) is 22.0 Å². The fourth-order valence-corrected chi connectivity index (χ4v) is 2.59. The molecule has 1 aromatic heterocycles. The lowest BCUT2D eigenvalue weighted by Gasteiger charge is -2.14. The molecule has 0 amide bonds. The van der Waals surface area contributed by atoms with Crippen LogP contribution >= 0.6 is 11.6 Å². The minimum atomic E-state index is -0.527. The quantitative estimate of drug-likeness (QED) is 0.785. The van der Waals surface area contributed by atoms with E-state index in [0.717, 1.165) is 11.4 Å². The van der Waals surface area contributed by atoms with Gasteiger partial charge < -0.3 is 14.0 Å². The van der Waals surface area contributed by atoms with Crippen LogP contribution < -0.4 is 4.74 Å². The summed E-state index contributed by atoms with van der Waals surface area (Å²) in [6.07, 6.45) is 0. The molecule has 6 heteroatoms. The molecular formula is C17H18ClNO4. The average Bonchev–Trinajstić information content (AvgIpc) is 2.79. The molecule has 0 N–H and O–H groups in total. The Balaban J connectivity index is 2.48. The van der Waals surface area contributed by atoms with Gasteiger partial charge in [-0.2, -0.15) is 0 Å². The molecule has 0 saturated carbocycles. The molecule has 0 aliphatic carbocycles. The van der Waals surface area contributed by atoms with Crippen molar-refractivity contribution in [2.45, 2.75) is 20.8 Å². The molecule has 0 aliphatic heterocycles. The smallest absolute Gasteiger partial charge is 0.340 e. The van der Waals surface area contributed by atoms with Gasteiger partial charge >= 0.3 is 5.97 Å². The Labute approximate surface area is 139 Å². The molecule has 0 spiro atoms. The van der Waals surface area contributed by atoms with Gasteiger partial charge in [0, 0.05) is 16.4 Å². The molecule has 122 valence electrons. The predicted octanol–water partition coefficient (Wildman–Crippen LogP) is 3.50. The second-order valence-corrected chi connectivity index (χ2v) is 5.65. The van der Waals surface area contributed by atoms with Crippen LogP contribution in [-0.4, -0.2) is 30.0 Å². The summed E-state index contributed by atoms with van der Waals surface area (Å²) in [5.74, 6) is -0.0935. The van der Waals surface area contributed by atoms with E-state index in [4.69, 9.17) is 21.1 Å². The number of hydrogen-bond donors (Lipinski definition) is 0. The number of benzene rings is 1. The van der Waals surface area contributed by atoms with Crippen molar-refractivity contribution in [3.8, 4) is 11.4 Å². The van der Waals surface area contributed by atoms with Gasteiger partial charge in [-0.1, -0.05) is 11.6 Å². The van der Waals surface area contributed by atoms with Crippen LogP contribution in [0.15, 0.2) is 24.3 Å². The molecule has 1 aromatic carbocycles. The molecule has 0 aliphatic rings. The summed E-state index contributed by atoms with van der Waals surface area (Å²) >= 11 is 6.08. The van der Waals surface area contributed by atoms with Crippen LogP contribution in [0.3, 0.4) is 0 Å². The standard InChI is InChI=1S/C17H18ClNO4/c1-10-7-14(17(21)23-9-11(2)20)12(3)19(10)15-8-13(18)5-6-16(15)22-4/h5-8H,9H2,1-4H3. The highest BCUT2D eigenvalue weighted by atomic mass is 35.5. The lowest BCUT2D eigenvalue weighted by Crippen LogP contribution is -2.12. The minimum absolute atomic E-state index is 0.205. The summed E-state index contributed by atoms with van der Waals surface area (Å²) in [4.78, 5) is 23.1. The Morgan fingerprint density at radius 3 is 2.52 bits per heavy atom. The van der Waals surface area contributed by atoms with Gasteiger partial charge in [-0.15, -0.1) is 0 Å². The van der Waals surface area contributed by atoms with Gasteiger partial charge in [-0.05, 0) is 45.0 Å². The van der Waals surface area contributed by atoms with Crippen LogP contribution in [0.5, 0.6) is 5.75 Å². The molecule has 2 aromatic rings. The lowest BCUT2D eigenvalue weighted by molar-refractivity contribution is -0.120. The lowest BCUT2D eigenvalue weighted by atomic mass is 10.2. The summed E-state index contributed by atoms with van der Waals surface area (Å²) in [6, 6.07) is 6.99. The van der Waals surface area contributed by atoms with E-state index in [1.165, 1.54) is 6.92 Å². The highest BCUT2D eigenvalue weighted by Gasteiger charge is 2.20. The van der Waals surface area contributed by atoms with Crippen molar-refractivity contribution < 1.29 is 19.1 Å². The molecule has 5 nitrogen and oxygen atoms in total. The van der Waals surface area contributed by atoms with E-state index in [2.05, 4.69) is 0 Å². The van der Waals surface area contributed by atoms with E-state index in [9.17, 15) is 9.59 Å². The van der Waals surface area contributed by atoms with Crippen LogP contribution in [-0.2, 0) is 9.53 Å². The summed E-state index contributed by atoms with van der Waals surface area (Å²) in [5, 5.41) is 0.564. The Morgan fingerprint density at radius 1 is 1.22 bits per heavy atom.